The van der Waals surface area contributed by atoms with Gasteiger partial charge in [-0.1, -0.05) is 6.07 Å². The molecule has 0 aliphatic carbocycles. The molecule has 3 amide bonds. The van der Waals surface area contributed by atoms with Crippen LogP contribution in [0.15, 0.2) is 69.5 Å². The zero-order valence-electron chi connectivity index (χ0n) is 17.7. The van der Waals surface area contributed by atoms with E-state index < -0.39 is 32.8 Å². The van der Waals surface area contributed by atoms with Crippen LogP contribution in [0, 0.1) is 5.82 Å². The quantitative estimate of drug-likeness (QED) is 0.512. The Hall–Kier alpha value is -3.51. The van der Waals surface area contributed by atoms with Gasteiger partial charge in [0.05, 0.1) is 16.0 Å². The number of thiophene rings is 1. The van der Waals surface area contributed by atoms with E-state index in [1.807, 2.05) is 0 Å². The van der Waals surface area contributed by atoms with Crippen LogP contribution in [0.2, 0.25) is 0 Å². The van der Waals surface area contributed by atoms with Crippen molar-refractivity contribution in [3.05, 3.63) is 76.6 Å². The Morgan fingerprint density at radius 3 is 2.24 bits per heavy atom. The van der Waals surface area contributed by atoms with E-state index in [0.717, 1.165) is 35.6 Å². The van der Waals surface area contributed by atoms with E-state index in [2.05, 4.69) is 5.32 Å². The van der Waals surface area contributed by atoms with E-state index >= 15 is 0 Å². The fraction of sp³-hybridized carbons (Fsp3) is 0.227. The van der Waals surface area contributed by atoms with Crippen molar-refractivity contribution in [1.29, 1.82) is 0 Å². The van der Waals surface area contributed by atoms with Crippen LogP contribution in [-0.2, 0) is 14.6 Å². The van der Waals surface area contributed by atoms with Gasteiger partial charge in [-0.2, -0.15) is 0 Å². The van der Waals surface area contributed by atoms with Gasteiger partial charge in [0.1, 0.15) is 5.82 Å². The molecule has 0 bridgehead atoms. The molecule has 1 N–H and O–H groups in total. The Bertz CT molecular complexity index is 1270. The molecule has 1 aromatic carbocycles. The number of sulfone groups is 1. The number of halogens is 1. The molecule has 1 atom stereocenters. The van der Waals surface area contributed by atoms with Crippen LogP contribution in [0.3, 0.4) is 0 Å². The summed E-state index contributed by atoms with van der Waals surface area (Å²) in [5.74, 6) is -2.36. The highest BCUT2D eigenvalue weighted by Gasteiger charge is 2.40. The topological polar surface area (TPSA) is 117 Å². The predicted molar refractivity (Wildman–Crippen MR) is 120 cm³/mol. The van der Waals surface area contributed by atoms with Gasteiger partial charge in [0.2, 0.25) is 15.2 Å². The largest absolute Gasteiger partial charge is 0.459 e. The maximum atomic E-state index is 13.3. The lowest BCUT2D eigenvalue weighted by molar-refractivity contribution is -0.132. The lowest BCUT2D eigenvalue weighted by Crippen LogP contribution is -2.57. The lowest BCUT2D eigenvalue weighted by atomic mass is 10.2. The van der Waals surface area contributed by atoms with Crippen molar-refractivity contribution in [3.63, 3.8) is 0 Å². The number of hydrogen-bond acceptors (Lipinski definition) is 7. The fourth-order valence-corrected chi connectivity index (χ4v) is 5.57. The molecule has 9 nitrogen and oxygen atoms in total. The van der Waals surface area contributed by atoms with Gasteiger partial charge in [-0.25, -0.2) is 12.8 Å². The maximum Gasteiger partial charge on any atom is 0.289 e. The molecule has 1 unspecified atom stereocenters. The third kappa shape index (κ3) is 4.87. The normalized spacial score (nSPS) is 15.1. The third-order valence-corrected chi connectivity index (χ3v) is 8.03. The lowest BCUT2D eigenvalue weighted by Gasteiger charge is -2.36. The molecular formula is C22H20FN3O6S2. The predicted octanol–water partition coefficient (Wildman–Crippen LogP) is 1.99. The molecule has 1 aliphatic rings. The highest BCUT2D eigenvalue weighted by atomic mass is 32.2. The molecule has 34 heavy (non-hydrogen) atoms. The summed E-state index contributed by atoms with van der Waals surface area (Å²) < 4.78 is 45.1. The van der Waals surface area contributed by atoms with E-state index in [0.29, 0.717) is 0 Å². The minimum atomic E-state index is -4.40. The van der Waals surface area contributed by atoms with Crippen molar-refractivity contribution < 1.29 is 31.6 Å². The van der Waals surface area contributed by atoms with E-state index in [9.17, 15) is 27.2 Å². The second-order valence-electron chi connectivity index (χ2n) is 7.42. The van der Waals surface area contributed by atoms with Gasteiger partial charge in [-0.3, -0.25) is 14.4 Å². The molecule has 3 aromatic rings. The van der Waals surface area contributed by atoms with Gasteiger partial charge >= 0.3 is 0 Å². The van der Waals surface area contributed by atoms with Crippen molar-refractivity contribution in [1.82, 2.24) is 15.1 Å². The number of nitrogens with zero attached hydrogens (tertiary/aromatic N) is 2. The molecule has 178 valence electrons. The molecule has 2 aromatic heterocycles. The first kappa shape index (κ1) is 23.6. The molecule has 1 fully saturated rings. The summed E-state index contributed by atoms with van der Waals surface area (Å²) in [4.78, 5) is 41.2. The number of piperazine rings is 1. The summed E-state index contributed by atoms with van der Waals surface area (Å²) >= 11 is 1.10. The number of rotatable bonds is 6. The van der Waals surface area contributed by atoms with E-state index in [4.69, 9.17) is 4.42 Å². The summed E-state index contributed by atoms with van der Waals surface area (Å²) in [6.45, 7) is 0.451. The number of furan rings is 1. The maximum absolute atomic E-state index is 13.3. The summed E-state index contributed by atoms with van der Waals surface area (Å²) in [7, 11) is -4.40. The second kappa shape index (κ2) is 9.77. The molecule has 0 saturated carbocycles. The zero-order valence-corrected chi connectivity index (χ0v) is 19.4. The van der Waals surface area contributed by atoms with Gasteiger partial charge in [-0.15, -0.1) is 11.3 Å². The first-order valence-corrected chi connectivity index (χ1v) is 12.7. The summed E-state index contributed by atoms with van der Waals surface area (Å²) in [5, 5.41) is 2.06. The highest BCUT2D eigenvalue weighted by Crippen LogP contribution is 2.20. The van der Waals surface area contributed by atoms with Gasteiger partial charge in [0.25, 0.3) is 17.7 Å². The number of amides is 3. The molecule has 4 rings (SSSR count). The van der Waals surface area contributed by atoms with E-state index in [-0.39, 0.29) is 47.6 Å². The number of nitrogens with one attached hydrogen (secondary N) is 1. The number of benzene rings is 1. The molecule has 0 spiro atoms. The fourth-order valence-electron chi connectivity index (χ4n) is 3.48. The standard InChI is InChI=1S/C22H20FN3O6S2/c23-15-5-7-16(8-6-15)34(30,31)20(24-19(27)18-4-2-14-33-18)22(29)26-11-9-25(10-12-26)21(28)17-3-1-13-32-17/h1-8,13-14,20H,9-12H2,(H,24,27). The van der Waals surface area contributed by atoms with Crippen molar-refractivity contribution in [2.75, 3.05) is 26.2 Å². The van der Waals surface area contributed by atoms with Gasteiger partial charge in [0.15, 0.2) is 5.76 Å². The zero-order chi connectivity index (χ0) is 24.3. The van der Waals surface area contributed by atoms with Gasteiger partial charge < -0.3 is 19.5 Å². The monoisotopic (exact) mass is 505 g/mol. The van der Waals surface area contributed by atoms with Crippen LogP contribution in [0.1, 0.15) is 20.2 Å². The molecule has 12 heteroatoms. The van der Waals surface area contributed by atoms with Crippen molar-refractivity contribution in [2.24, 2.45) is 0 Å². The van der Waals surface area contributed by atoms with Crippen molar-refractivity contribution in [2.45, 2.75) is 10.3 Å². The third-order valence-electron chi connectivity index (χ3n) is 5.29. The first-order chi connectivity index (χ1) is 16.3. The van der Waals surface area contributed by atoms with Crippen molar-refractivity contribution in [3.8, 4) is 0 Å². The minimum absolute atomic E-state index is 0.0651. The van der Waals surface area contributed by atoms with Crippen LogP contribution in [-0.4, -0.2) is 67.5 Å². The number of hydrogen-bond donors (Lipinski definition) is 1. The second-order valence-corrected chi connectivity index (χ2v) is 10.4. The van der Waals surface area contributed by atoms with Gasteiger partial charge in [0, 0.05) is 26.2 Å². The number of carbonyl (C=O) groups excluding carboxylic acids is 3. The Labute approximate surface area is 198 Å². The minimum Gasteiger partial charge on any atom is -0.459 e. The highest BCUT2D eigenvalue weighted by molar-refractivity contribution is 7.92. The Balaban J connectivity index is 1.55. The molecular weight excluding hydrogens is 485 g/mol. The average molecular weight is 506 g/mol. The first-order valence-electron chi connectivity index (χ1n) is 10.2. The van der Waals surface area contributed by atoms with Crippen LogP contribution >= 0.6 is 11.3 Å². The van der Waals surface area contributed by atoms with Crippen molar-refractivity contribution >= 4 is 38.9 Å². The van der Waals surface area contributed by atoms with E-state index in [1.54, 1.807) is 17.5 Å². The molecule has 3 heterocycles. The van der Waals surface area contributed by atoms with E-state index in [1.165, 1.54) is 28.2 Å². The summed E-state index contributed by atoms with van der Waals surface area (Å²) in [6, 6.07) is 10.3. The summed E-state index contributed by atoms with van der Waals surface area (Å²) in [6.07, 6.45) is 1.38. The Morgan fingerprint density at radius 2 is 1.65 bits per heavy atom. The van der Waals surface area contributed by atoms with Crippen LogP contribution in [0.5, 0.6) is 0 Å². The molecule has 0 radical (unpaired) electrons. The van der Waals surface area contributed by atoms with Crippen LogP contribution < -0.4 is 5.32 Å². The Kier molecular flexibility index (Phi) is 6.80. The van der Waals surface area contributed by atoms with Gasteiger partial charge in [-0.05, 0) is 47.8 Å². The van der Waals surface area contributed by atoms with Crippen LogP contribution in [0.4, 0.5) is 4.39 Å². The molecule has 1 saturated heterocycles. The average Bonchev–Trinajstić information content (AvgIpc) is 3.57. The Morgan fingerprint density at radius 1 is 0.971 bits per heavy atom. The van der Waals surface area contributed by atoms with Crippen LogP contribution in [0.25, 0.3) is 0 Å². The molecule has 1 aliphatic heterocycles. The number of carbonyl (C=O) groups is 3. The smallest absolute Gasteiger partial charge is 0.289 e. The summed E-state index contributed by atoms with van der Waals surface area (Å²) in [5.41, 5.74) is 0. The SMILES string of the molecule is O=C(NC(C(=O)N1CCN(C(=O)c2ccco2)CC1)S(=O)(=O)c1ccc(F)cc1)c1cccs1.